The van der Waals surface area contributed by atoms with Crippen molar-refractivity contribution in [2.75, 3.05) is 25.6 Å². The van der Waals surface area contributed by atoms with Gasteiger partial charge in [-0.2, -0.15) is 5.10 Å². The lowest BCUT2D eigenvalue weighted by Gasteiger charge is -2.39. The van der Waals surface area contributed by atoms with E-state index in [4.69, 9.17) is 14.6 Å². The van der Waals surface area contributed by atoms with Gasteiger partial charge in [-0.1, -0.05) is 30.3 Å². The number of aromatic carboxylic acids is 1. The minimum absolute atomic E-state index is 0.0130. The first-order chi connectivity index (χ1) is 20.7. The van der Waals surface area contributed by atoms with Crippen LogP contribution in [0.15, 0.2) is 48.5 Å². The van der Waals surface area contributed by atoms with Crippen LogP contribution >= 0.6 is 0 Å². The van der Waals surface area contributed by atoms with Crippen LogP contribution in [0.1, 0.15) is 57.4 Å². The summed E-state index contributed by atoms with van der Waals surface area (Å²) in [6.45, 7) is 4.66. The molecule has 2 N–H and O–H groups in total. The van der Waals surface area contributed by atoms with Crippen molar-refractivity contribution in [1.29, 1.82) is 0 Å². The van der Waals surface area contributed by atoms with Crippen LogP contribution in [0.3, 0.4) is 0 Å². The first kappa shape index (κ1) is 26.2. The van der Waals surface area contributed by atoms with E-state index in [0.29, 0.717) is 40.4 Å². The fourth-order valence-electron chi connectivity index (χ4n) is 7.75. The Labute approximate surface area is 247 Å². The maximum atomic E-state index is 16.3. The van der Waals surface area contributed by atoms with Gasteiger partial charge in [-0.25, -0.2) is 13.9 Å². The van der Waals surface area contributed by atoms with E-state index in [1.54, 1.807) is 29.8 Å². The number of fused-ring (bicyclic) bond motifs is 7. The second-order valence-corrected chi connectivity index (χ2v) is 12.3. The molecule has 1 saturated heterocycles. The Hall–Kier alpha value is -4.44. The van der Waals surface area contributed by atoms with Crippen LogP contribution in [0, 0.1) is 25.6 Å². The molecule has 1 aromatic heterocycles. The molecule has 1 spiro atoms. The number of benzene rings is 3. The van der Waals surface area contributed by atoms with E-state index in [9.17, 15) is 14.7 Å². The molecular formula is C33H31FN4O5. The number of carbonyl (C=O) groups is 2. The van der Waals surface area contributed by atoms with E-state index in [-0.39, 0.29) is 35.7 Å². The molecule has 43 heavy (non-hydrogen) atoms. The Morgan fingerprint density at radius 1 is 1.21 bits per heavy atom. The third-order valence-electron chi connectivity index (χ3n) is 9.80. The Morgan fingerprint density at radius 2 is 2.02 bits per heavy atom. The second kappa shape index (κ2) is 9.03. The van der Waals surface area contributed by atoms with E-state index in [1.165, 1.54) is 13.2 Å². The molecule has 2 fully saturated rings. The lowest BCUT2D eigenvalue weighted by molar-refractivity contribution is -0.128. The van der Waals surface area contributed by atoms with E-state index in [1.807, 2.05) is 31.2 Å². The molecule has 9 nitrogen and oxygen atoms in total. The largest absolute Gasteiger partial charge is 0.496 e. The average molecular weight is 583 g/mol. The van der Waals surface area contributed by atoms with Crippen LogP contribution in [0.25, 0.3) is 10.9 Å². The molecule has 0 unspecified atom stereocenters. The fourth-order valence-corrected chi connectivity index (χ4v) is 7.75. The van der Waals surface area contributed by atoms with Crippen molar-refractivity contribution in [2.45, 2.75) is 50.2 Å². The molecule has 4 aromatic rings. The van der Waals surface area contributed by atoms with Gasteiger partial charge in [-0.3, -0.25) is 9.69 Å². The standard InChI is InChI=1S/C33H31FN4O5/c1-16-7-10-22-24(11-16)35-32(41)33(22)27(19-6-4-5-17(2)28(19)34)29-25(37(33)14-18-8-9-18)15-43-30-20-13-26(42-3)21(31(39)40)12-23(20)36-38(29)30/h4-7,10-13,18,25,27,29H,8-9,14-15H2,1-3H3,(H,35,41)(H,39,40)/t25-,27-,29+,33+/m1/s1. The van der Waals surface area contributed by atoms with Crippen LogP contribution in [-0.2, 0) is 10.3 Å². The van der Waals surface area contributed by atoms with Crippen molar-refractivity contribution < 1.29 is 28.6 Å². The van der Waals surface area contributed by atoms with Gasteiger partial charge in [0, 0.05) is 23.7 Å². The molecule has 1 amide bonds. The van der Waals surface area contributed by atoms with E-state index >= 15 is 4.39 Å². The highest BCUT2D eigenvalue weighted by molar-refractivity contribution is 6.07. The smallest absolute Gasteiger partial charge is 0.339 e. The molecule has 4 aliphatic rings. The zero-order chi connectivity index (χ0) is 29.8. The SMILES string of the molecule is COc1cc2c3n(nc2cc1C(=O)O)[C@H]1[C@@H](CO3)N(CC2CC2)[C@]2(C(=O)Nc3cc(C)ccc32)[C@@H]1c1cccc(C)c1F. The van der Waals surface area contributed by atoms with E-state index in [0.717, 1.165) is 29.7 Å². The highest BCUT2D eigenvalue weighted by Gasteiger charge is 2.69. The van der Waals surface area contributed by atoms with E-state index < -0.39 is 23.5 Å². The Kier molecular flexibility index (Phi) is 5.50. The number of hydrogen-bond donors (Lipinski definition) is 2. The minimum Gasteiger partial charge on any atom is -0.496 e. The van der Waals surface area contributed by atoms with Gasteiger partial charge >= 0.3 is 5.97 Å². The Morgan fingerprint density at radius 3 is 2.77 bits per heavy atom. The monoisotopic (exact) mass is 582 g/mol. The summed E-state index contributed by atoms with van der Waals surface area (Å²) in [6.07, 6.45) is 2.15. The molecule has 220 valence electrons. The number of halogens is 1. The van der Waals surface area contributed by atoms with Crippen LogP contribution in [-0.4, -0.2) is 58.0 Å². The predicted octanol–water partition coefficient (Wildman–Crippen LogP) is 5.16. The first-order valence-corrected chi connectivity index (χ1v) is 14.6. The fraction of sp³-hybridized carbons (Fsp3) is 0.364. The minimum atomic E-state index is -1.21. The number of rotatable bonds is 5. The summed E-state index contributed by atoms with van der Waals surface area (Å²) in [6, 6.07) is 13.7. The molecule has 10 heteroatoms. The normalized spacial score (nSPS) is 25.8. The lowest BCUT2D eigenvalue weighted by atomic mass is 9.73. The molecule has 1 saturated carbocycles. The van der Waals surface area contributed by atoms with Crippen LogP contribution in [0.4, 0.5) is 10.1 Å². The van der Waals surface area contributed by atoms with Gasteiger partial charge < -0.3 is 19.9 Å². The summed E-state index contributed by atoms with van der Waals surface area (Å²) in [5.74, 6) is -1.22. The number of likely N-dealkylation sites (tertiary alicyclic amines) is 1. The zero-order valence-electron chi connectivity index (χ0n) is 24.1. The number of carboxylic acids is 1. The van der Waals surface area contributed by atoms with Crippen LogP contribution in [0.5, 0.6) is 11.6 Å². The van der Waals surface area contributed by atoms with Crippen LogP contribution < -0.4 is 14.8 Å². The summed E-state index contributed by atoms with van der Waals surface area (Å²) in [5, 5.41) is 18.5. The number of aryl methyl sites for hydroxylation is 2. The number of hydrogen-bond acceptors (Lipinski definition) is 6. The Bertz CT molecular complexity index is 1870. The number of ether oxygens (including phenoxy) is 2. The predicted molar refractivity (Wildman–Crippen MR) is 156 cm³/mol. The number of methoxy groups -OCH3 is 1. The third-order valence-corrected chi connectivity index (χ3v) is 9.80. The van der Waals surface area contributed by atoms with Gasteiger partial charge in [0.25, 0.3) is 0 Å². The summed E-state index contributed by atoms with van der Waals surface area (Å²) in [7, 11) is 1.42. The molecule has 4 atom stereocenters. The van der Waals surface area contributed by atoms with Crippen molar-refractivity contribution in [2.24, 2.45) is 5.92 Å². The van der Waals surface area contributed by atoms with Gasteiger partial charge in [-0.05, 0) is 67.5 Å². The average Bonchev–Trinajstić information content (AvgIpc) is 3.58. The van der Waals surface area contributed by atoms with Gasteiger partial charge in [-0.15, -0.1) is 0 Å². The van der Waals surface area contributed by atoms with Crippen molar-refractivity contribution in [3.8, 4) is 11.6 Å². The summed E-state index contributed by atoms with van der Waals surface area (Å²) < 4.78 is 30.0. The van der Waals surface area contributed by atoms with E-state index in [2.05, 4.69) is 10.2 Å². The topological polar surface area (TPSA) is 106 Å². The number of anilines is 1. The number of nitrogens with one attached hydrogen (secondary N) is 1. The van der Waals surface area contributed by atoms with Crippen molar-refractivity contribution >= 4 is 28.5 Å². The van der Waals surface area contributed by atoms with Crippen molar-refractivity contribution in [3.63, 3.8) is 0 Å². The zero-order valence-corrected chi connectivity index (χ0v) is 24.1. The first-order valence-electron chi connectivity index (χ1n) is 14.6. The number of carbonyl (C=O) groups excluding carboxylic acids is 1. The highest BCUT2D eigenvalue weighted by atomic mass is 19.1. The molecule has 0 radical (unpaired) electrons. The van der Waals surface area contributed by atoms with Crippen molar-refractivity contribution in [1.82, 2.24) is 14.7 Å². The molecular weight excluding hydrogens is 551 g/mol. The van der Waals surface area contributed by atoms with Crippen molar-refractivity contribution in [3.05, 3.63) is 82.2 Å². The maximum Gasteiger partial charge on any atom is 0.339 e. The lowest BCUT2D eigenvalue weighted by Crippen LogP contribution is -2.54. The molecule has 3 aromatic carbocycles. The molecule has 0 bridgehead atoms. The number of aromatic nitrogens is 2. The summed E-state index contributed by atoms with van der Waals surface area (Å²) in [5.41, 5.74) is 2.75. The van der Waals surface area contributed by atoms with Gasteiger partial charge in [0.05, 0.1) is 30.1 Å². The number of nitrogens with zero attached hydrogens (tertiary/aromatic N) is 3. The van der Waals surface area contributed by atoms with Gasteiger partial charge in [0.2, 0.25) is 11.8 Å². The van der Waals surface area contributed by atoms with Gasteiger partial charge in [0.15, 0.2) is 0 Å². The maximum absolute atomic E-state index is 16.3. The highest BCUT2D eigenvalue weighted by Crippen LogP contribution is 2.63. The molecule has 1 aliphatic carbocycles. The summed E-state index contributed by atoms with van der Waals surface area (Å²) >= 11 is 0. The number of amides is 1. The Balaban J connectivity index is 1.43. The molecule has 3 aliphatic heterocycles. The van der Waals surface area contributed by atoms with Gasteiger partial charge in [0.1, 0.15) is 29.3 Å². The van der Waals surface area contributed by atoms with Crippen LogP contribution in [0.2, 0.25) is 0 Å². The summed E-state index contributed by atoms with van der Waals surface area (Å²) in [4.78, 5) is 28.8. The third kappa shape index (κ3) is 3.50. The number of carboxylic acid groups (broad SMARTS) is 1. The molecule has 8 rings (SSSR count). The quantitative estimate of drug-likeness (QED) is 0.335. The molecule has 4 heterocycles. The second-order valence-electron chi connectivity index (χ2n) is 12.3.